The predicted octanol–water partition coefficient (Wildman–Crippen LogP) is 1.39. The summed E-state index contributed by atoms with van der Waals surface area (Å²) in [5.74, 6) is -0.182. The van der Waals surface area contributed by atoms with Crippen molar-refractivity contribution in [1.82, 2.24) is 14.9 Å². The zero-order chi connectivity index (χ0) is 13.0. The van der Waals surface area contributed by atoms with Gasteiger partial charge in [0.25, 0.3) is 0 Å². The van der Waals surface area contributed by atoms with Gasteiger partial charge < -0.3 is 4.74 Å². The van der Waals surface area contributed by atoms with Crippen LogP contribution in [0.15, 0.2) is 18.7 Å². The molecule has 0 aliphatic heterocycles. The van der Waals surface area contributed by atoms with Gasteiger partial charge in [0, 0.05) is 30.5 Å². The lowest BCUT2D eigenvalue weighted by atomic mass is 9.90. The molecule has 0 bridgehead atoms. The van der Waals surface area contributed by atoms with Crippen LogP contribution in [-0.2, 0) is 16.1 Å². The van der Waals surface area contributed by atoms with Crippen molar-refractivity contribution in [1.29, 1.82) is 0 Å². The van der Waals surface area contributed by atoms with Crippen LogP contribution in [0.5, 0.6) is 0 Å². The summed E-state index contributed by atoms with van der Waals surface area (Å²) < 4.78 is 4.84. The maximum absolute atomic E-state index is 11.7. The number of carbonyl (C=O) groups is 1. The van der Waals surface area contributed by atoms with Crippen LogP contribution in [0.2, 0.25) is 0 Å². The molecule has 1 aliphatic rings. The van der Waals surface area contributed by atoms with E-state index in [1.807, 2.05) is 6.92 Å². The smallest absolute Gasteiger partial charge is 0.322 e. The largest absolute Gasteiger partial charge is 0.468 e. The Kier molecular flexibility index (Phi) is 4.25. The van der Waals surface area contributed by atoms with Gasteiger partial charge in [-0.3, -0.25) is 9.69 Å². The van der Waals surface area contributed by atoms with Crippen LogP contribution in [0.1, 0.15) is 31.7 Å². The summed E-state index contributed by atoms with van der Waals surface area (Å²) in [6.45, 7) is 2.59. The van der Waals surface area contributed by atoms with E-state index in [0.717, 1.165) is 18.4 Å². The Morgan fingerprint density at radius 2 is 2.17 bits per heavy atom. The molecule has 0 spiro atoms. The van der Waals surface area contributed by atoms with Crippen molar-refractivity contribution in [3.05, 3.63) is 24.3 Å². The van der Waals surface area contributed by atoms with Crippen molar-refractivity contribution >= 4 is 5.97 Å². The van der Waals surface area contributed by atoms with Crippen molar-refractivity contribution in [2.45, 2.75) is 44.8 Å². The molecule has 1 saturated carbocycles. The molecule has 2 rings (SSSR count). The van der Waals surface area contributed by atoms with Crippen molar-refractivity contribution in [2.75, 3.05) is 7.11 Å². The number of aromatic nitrogens is 2. The summed E-state index contributed by atoms with van der Waals surface area (Å²) in [5.41, 5.74) is 1.03. The van der Waals surface area contributed by atoms with Crippen LogP contribution in [-0.4, -0.2) is 40.0 Å². The second-order valence-electron chi connectivity index (χ2n) is 4.70. The van der Waals surface area contributed by atoms with Gasteiger partial charge in [-0.15, -0.1) is 0 Å². The molecule has 0 aromatic carbocycles. The van der Waals surface area contributed by atoms with E-state index in [9.17, 15) is 4.79 Å². The van der Waals surface area contributed by atoms with Gasteiger partial charge in [-0.05, 0) is 19.8 Å². The molecule has 1 fully saturated rings. The lowest BCUT2D eigenvalue weighted by molar-refractivity contribution is -0.148. The highest BCUT2D eigenvalue weighted by molar-refractivity contribution is 5.75. The molecule has 1 unspecified atom stereocenters. The second kappa shape index (κ2) is 5.91. The first-order valence-corrected chi connectivity index (χ1v) is 6.30. The van der Waals surface area contributed by atoms with Crippen LogP contribution in [0.3, 0.4) is 0 Å². The van der Waals surface area contributed by atoms with E-state index in [0.29, 0.717) is 12.6 Å². The summed E-state index contributed by atoms with van der Waals surface area (Å²) in [4.78, 5) is 21.9. The van der Waals surface area contributed by atoms with Gasteiger partial charge >= 0.3 is 5.97 Å². The standard InChI is InChI=1S/C13H19N3O2/c1-10(13(17)18-2)16(12-4-3-5-12)8-11-6-14-9-15-7-11/h6-7,9-10,12H,3-5,8H2,1-2H3. The predicted molar refractivity (Wildman–Crippen MR) is 66.7 cm³/mol. The van der Waals surface area contributed by atoms with E-state index < -0.39 is 0 Å². The molecule has 1 aliphatic carbocycles. The number of hydrogen-bond donors (Lipinski definition) is 0. The Morgan fingerprint density at radius 3 is 2.67 bits per heavy atom. The van der Waals surface area contributed by atoms with Crippen molar-refractivity contribution in [3.63, 3.8) is 0 Å². The fraction of sp³-hybridized carbons (Fsp3) is 0.615. The Bertz CT molecular complexity index is 392. The van der Waals surface area contributed by atoms with E-state index in [1.54, 1.807) is 12.4 Å². The topological polar surface area (TPSA) is 55.3 Å². The molecule has 18 heavy (non-hydrogen) atoms. The van der Waals surface area contributed by atoms with E-state index >= 15 is 0 Å². The minimum atomic E-state index is -0.222. The minimum Gasteiger partial charge on any atom is -0.468 e. The quantitative estimate of drug-likeness (QED) is 0.738. The number of hydrogen-bond acceptors (Lipinski definition) is 5. The van der Waals surface area contributed by atoms with Gasteiger partial charge in [0.05, 0.1) is 7.11 Å². The maximum atomic E-state index is 11.7. The second-order valence-corrected chi connectivity index (χ2v) is 4.70. The third-order valence-electron chi connectivity index (χ3n) is 3.56. The number of methoxy groups -OCH3 is 1. The number of carbonyl (C=O) groups excluding carboxylic acids is 1. The Morgan fingerprint density at radius 1 is 1.50 bits per heavy atom. The summed E-state index contributed by atoms with van der Waals surface area (Å²) in [5, 5.41) is 0. The third kappa shape index (κ3) is 2.85. The molecule has 98 valence electrons. The molecule has 0 radical (unpaired) electrons. The summed E-state index contributed by atoms with van der Waals surface area (Å²) in [7, 11) is 1.43. The van der Waals surface area contributed by atoms with Crippen molar-refractivity contribution < 1.29 is 9.53 Å². The zero-order valence-electron chi connectivity index (χ0n) is 10.9. The molecule has 1 aromatic rings. The highest BCUT2D eigenvalue weighted by atomic mass is 16.5. The molecule has 1 heterocycles. The van der Waals surface area contributed by atoms with Crippen LogP contribution < -0.4 is 0 Å². The molecule has 1 atom stereocenters. The molecule has 0 amide bonds. The van der Waals surface area contributed by atoms with E-state index in [4.69, 9.17) is 4.74 Å². The van der Waals surface area contributed by atoms with Crippen LogP contribution in [0, 0.1) is 0 Å². The monoisotopic (exact) mass is 249 g/mol. The molecule has 5 nitrogen and oxygen atoms in total. The van der Waals surface area contributed by atoms with Gasteiger partial charge in [0.1, 0.15) is 12.4 Å². The first-order valence-electron chi connectivity index (χ1n) is 6.30. The van der Waals surface area contributed by atoms with Crippen LogP contribution in [0.25, 0.3) is 0 Å². The lowest BCUT2D eigenvalue weighted by Crippen LogP contribution is -2.48. The number of rotatable bonds is 5. The zero-order valence-corrected chi connectivity index (χ0v) is 10.9. The lowest BCUT2D eigenvalue weighted by Gasteiger charge is -2.40. The third-order valence-corrected chi connectivity index (χ3v) is 3.56. The average Bonchev–Trinajstić information content (AvgIpc) is 2.35. The van der Waals surface area contributed by atoms with Crippen LogP contribution in [0.4, 0.5) is 0 Å². The number of nitrogens with zero attached hydrogens (tertiary/aromatic N) is 3. The Hall–Kier alpha value is -1.49. The molecular formula is C13H19N3O2. The number of esters is 1. The average molecular weight is 249 g/mol. The van der Waals surface area contributed by atoms with Crippen molar-refractivity contribution in [2.24, 2.45) is 0 Å². The summed E-state index contributed by atoms with van der Waals surface area (Å²) in [6, 6.07) is 0.250. The van der Waals surface area contributed by atoms with Gasteiger partial charge in [-0.1, -0.05) is 6.42 Å². The SMILES string of the molecule is COC(=O)C(C)N(Cc1cncnc1)C1CCC1. The van der Waals surface area contributed by atoms with E-state index in [2.05, 4.69) is 14.9 Å². The van der Waals surface area contributed by atoms with Gasteiger partial charge in [0.2, 0.25) is 0 Å². The molecule has 0 N–H and O–H groups in total. The molecule has 0 saturated heterocycles. The first-order chi connectivity index (χ1) is 8.72. The van der Waals surface area contributed by atoms with Gasteiger partial charge in [0.15, 0.2) is 0 Å². The molecular weight excluding hydrogens is 230 g/mol. The van der Waals surface area contributed by atoms with Crippen LogP contribution >= 0.6 is 0 Å². The summed E-state index contributed by atoms with van der Waals surface area (Å²) in [6.07, 6.45) is 8.64. The Labute approximate surface area is 107 Å². The van der Waals surface area contributed by atoms with Crippen molar-refractivity contribution in [3.8, 4) is 0 Å². The highest BCUT2D eigenvalue weighted by Crippen LogP contribution is 2.28. The van der Waals surface area contributed by atoms with E-state index in [1.165, 1.54) is 19.9 Å². The summed E-state index contributed by atoms with van der Waals surface area (Å²) >= 11 is 0. The fourth-order valence-corrected chi connectivity index (χ4v) is 2.23. The van der Waals surface area contributed by atoms with Gasteiger partial charge in [-0.2, -0.15) is 0 Å². The molecule has 5 heteroatoms. The Balaban J connectivity index is 2.07. The number of ether oxygens (including phenoxy) is 1. The fourth-order valence-electron chi connectivity index (χ4n) is 2.23. The molecule has 1 aromatic heterocycles. The van der Waals surface area contributed by atoms with E-state index in [-0.39, 0.29) is 12.0 Å². The maximum Gasteiger partial charge on any atom is 0.322 e. The van der Waals surface area contributed by atoms with Gasteiger partial charge in [-0.25, -0.2) is 9.97 Å². The minimum absolute atomic E-state index is 0.182. The first kappa shape index (κ1) is 13.0. The normalized spacial score (nSPS) is 17.3. The highest BCUT2D eigenvalue weighted by Gasteiger charge is 2.32.